The summed E-state index contributed by atoms with van der Waals surface area (Å²) >= 11 is 0. The van der Waals surface area contributed by atoms with Crippen molar-refractivity contribution >= 4 is 5.91 Å². The van der Waals surface area contributed by atoms with Gasteiger partial charge in [0.2, 0.25) is 0 Å². The number of hydrogen-bond donors (Lipinski definition) is 0. The standard InChI is InChI=1S/C21H19F2N3O2/c1-13-3-2-4-15(11-13)20-24-19(25-28-20)14-7-9-26(10-8-14)21(27)16-5-6-17(22)18(23)12-16/h2-6,11-12,14H,7-10H2,1H3. The number of rotatable bonds is 3. The van der Waals surface area contributed by atoms with Crippen molar-refractivity contribution in [3.63, 3.8) is 0 Å². The van der Waals surface area contributed by atoms with Gasteiger partial charge in [0.05, 0.1) is 0 Å². The Hall–Kier alpha value is -3.09. The van der Waals surface area contributed by atoms with Gasteiger partial charge in [0.15, 0.2) is 17.5 Å². The van der Waals surface area contributed by atoms with Gasteiger partial charge in [-0.25, -0.2) is 8.78 Å². The maximum atomic E-state index is 13.4. The van der Waals surface area contributed by atoms with Gasteiger partial charge < -0.3 is 9.42 Å². The SMILES string of the molecule is Cc1cccc(-c2nc(C3CCN(C(=O)c4ccc(F)c(F)c4)CC3)no2)c1. The Morgan fingerprint density at radius 1 is 1.11 bits per heavy atom. The number of nitrogens with zero attached hydrogens (tertiary/aromatic N) is 3. The largest absolute Gasteiger partial charge is 0.339 e. The average Bonchev–Trinajstić information content (AvgIpc) is 3.20. The molecule has 1 fully saturated rings. The lowest BCUT2D eigenvalue weighted by atomic mass is 9.95. The molecule has 0 aliphatic carbocycles. The molecule has 1 saturated heterocycles. The number of carbonyl (C=O) groups is 1. The van der Waals surface area contributed by atoms with Crippen molar-refractivity contribution in [1.82, 2.24) is 15.0 Å². The van der Waals surface area contributed by atoms with Crippen LogP contribution < -0.4 is 0 Å². The maximum absolute atomic E-state index is 13.4. The molecule has 4 rings (SSSR count). The molecule has 144 valence electrons. The highest BCUT2D eigenvalue weighted by Crippen LogP contribution is 2.29. The number of carbonyl (C=O) groups excluding carboxylic acids is 1. The second kappa shape index (κ2) is 7.50. The Morgan fingerprint density at radius 2 is 1.89 bits per heavy atom. The summed E-state index contributed by atoms with van der Waals surface area (Å²) in [6, 6.07) is 11.1. The molecule has 7 heteroatoms. The van der Waals surface area contributed by atoms with Gasteiger partial charge in [-0.1, -0.05) is 22.9 Å². The van der Waals surface area contributed by atoms with Crippen molar-refractivity contribution in [2.45, 2.75) is 25.7 Å². The maximum Gasteiger partial charge on any atom is 0.257 e. The molecule has 0 N–H and O–H groups in total. The summed E-state index contributed by atoms with van der Waals surface area (Å²) in [6.45, 7) is 2.99. The molecule has 0 saturated carbocycles. The molecule has 3 aromatic rings. The lowest BCUT2D eigenvalue weighted by Crippen LogP contribution is -2.38. The molecule has 1 aliphatic heterocycles. The van der Waals surface area contributed by atoms with E-state index in [-0.39, 0.29) is 17.4 Å². The number of amides is 1. The fourth-order valence-electron chi connectivity index (χ4n) is 3.45. The van der Waals surface area contributed by atoms with Crippen LogP contribution in [0.3, 0.4) is 0 Å². The second-order valence-electron chi connectivity index (χ2n) is 7.02. The number of likely N-dealkylation sites (tertiary alicyclic amines) is 1. The van der Waals surface area contributed by atoms with Crippen LogP contribution in [0, 0.1) is 18.6 Å². The molecule has 0 spiro atoms. The first-order chi connectivity index (χ1) is 13.5. The number of aryl methyl sites for hydroxylation is 1. The topological polar surface area (TPSA) is 59.2 Å². The minimum atomic E-state index is -1.02. The number of halogens is 2. The number of hydrogen-bond acceptors (Lipinski definition) is 4. The molecule has 0 unspecified atom stereocenters. The third kappa shape index (κ3) is 3.65. The molecule has 0 radical (unpaired) electrons. The Labute approximate surface area is 161 Å². The summed E-state index contributed by atoms with van der Waals surface area (Å²) in [5, 5.41) is 4.11. The Morgan fingerprint density at radius 3 is 2.61 bits per heavy atom. The van der Waals surface area contributed by atoms with Crippen LogP contribution in [0.5, 0.6) is 0 Å². The van der Waals surface area contributed by atoms with Gasteiger partial charge in [-0.15, -0.1) is 0 Å². The van der Waals surface area contributed by atoms with E-state index < -0.39 is 11.6 Å². The van der Waals surface area contributed by atoms with E-state index >= 15 is 0 Å². The van der Waals surface area contributed by atoms with Crippen LogP contribution in [-0.2, 0) is 0 Å². The minimum Gasteiger partial charge on any atom is -0.339 e. The predicted molar refractivity (Wildman–Crippen MR) is 98.7 cm³/mol. The van der Waals surface area contributed by atoms with Gasteiger partial charge in [-0.3, -0.25) is 4.79 Å². The number of aromatic nitrogens is 2. The average molecular weight is 383 g/mol. The molecule has 28 heavy (non-hydrogen) atoms. The molecule has 0 bridgehead atoms. The summed E-state index contributed by atoms with van der Waals surface area (Å²) in [5.74, 6) is -1.06. The van der Waals surface area contributed by atoms with Crippen LogP contribution in [0.15, 0.2) is 47.0 Å². The van der Waals surface area contributed by atoms with Crippen molar-refractivity contribution in [1.29, 1.82) is 0 Å². The van der Waals surface area contributed by atoms with Crippen molar-refractivity contribution in [2.24, 2.45) is 0 Å². The van der Waals surface area contributed by atoms with Gasteiger partial charge in [0.25, 0.3) is 11.8 Å². The highest BCUT2D eigenvalue weighted by Gasteiger charge is 2.28. The van der Waals surface area contributed by atoms with E-state index in [1.165, 1.54) is 6.07 Å². The van der Waals surface area contributed by atoms with Gasteiger partial charge in [-0.05, 0) is 50.1 Å². The molecule has 0 atom stereocenters. The summed E-state index contributed by atoms with van der Waals surface area (Å²) in [4.78, 5) is 18.7. The quantitative estimate of drug-likeness (QED) is 0.675. The molecule has 1 aliphatic rings. The third-order valence-corrected chi connectivity index (χ3v) is 5.02. The van der Waals surface area contributed by atoms with Gasteiger partial charge >= 0.3 is 0 Å². The van der Waals surface area contributed by atoms with Gasteiger partial charge in [0.1, 0.15) is 0 Å². The van der Waals surface area contributed by atoms with Crippen LogP contribution in [-0.4, -0.2) is 34.0 Å². The fourth-order valence-corrected chi connectivity index (χ4v) is 3.45. The van der Waals surface area contributed by atoms with E-state index in [9.17, 15) is 13.6 Å². The van der Waals surface area contributed by atoms with Crippen molar-refractivity contribution in [2.75, 3.05) is 13.1 Å². The molecular weight excluding hydrogens is 364 g/mol. The Bertz CT molecular complexity index is 1010. The zero-order valence-electron chi connectivity index (χ0n) is 15.4. The smallest absolute Gasteiger partial charge is 0.257 e. The number of benzene rings is 2. The van der Waals surface area contributed by atoms with Crippen molar-refractivity contribution in [3.8, 4) is 11.5 Å². The van der Waals surface area contributed by atoms with Crippen LogP contribution >= 0.6 is 0 Å². The Balaban J connectivity index is 1.41. The monoisotopic (exact) mass is 383 g/mol. The molecule has 2 aromatic carbocycles. The Kier molecular flexibility index (Phi) is 4.90. The van der Waals surface area contributed by atoms with E-state index in [0.29, 0.717) is 37.6 Å². The van der Waals surface area contributed by atoms with Gasteiger partial charge in [-0.2, -0.15) is 4.98 Å². The third-order valence-electron chi connectivity index (χ3n) is 5.02. The van der Waals surface area contributed by atoms with Crippen molar-refractivity contribution < 1.29 is 18.1 Å². The zero-order chi connectivity index (χ0) is 19.7. The van der Waals surface area contributed by atoms with Crippen molar-refractivity contribution in [3.05, 3.63) is 71.1 Å². The molecule has 2 heterocycles. The molecule has 1 aromatic heterocycles. The summed E-state index contributed by atoms with van der Waals surface area (Å²) in [7, 11) is 0. The highest BCUT2D eigenvalue weighted by atomic mass is 19.2. The van der Waals surface area contributed by atoms with E-state index in [1.54, 1.807) is 4.90 Å². The first kappa shape index (κ1) is 18.3. The summed E-state index contributed by atoms with van der Waals surface area (Å²) in [6.07, 6.45) is 1.37. The van der Waals surface area contributed by atoms with E-state index in [0.717, 1.165) is 23.3 Å². The van der Waals surface area contributed by atoms with E-state index in [2.05, 4.69) is 10.1 Å². The minimum absolute atomic E-state index is 0.0938. The summed E-state index contributed by atoms with van der Waals surface area (Å²) < 4.78 is 31.9. The lowest BCUT2D eigenvalue weighted by Gasteiger charge is -2.30. The first-order valence-corrected chi connectivity index (χ1v) is 9.16. The first-order valence-electron chi connectivity index (χ1n) is 9.16. The highest BCUT2D eigenvalue weighted by molar-refractivity contribution is 5.94. The molecular formula is C21H19F2N3O2. The zero-order valence-corrected chi connectivity index (χ0v) is 15.4. The summed E-state index contributed by atoms with van der Waals surface area (Å²) in [5.41, 5.74) is 2.14. The molecule has 5 nitrogen and oxygen atoms in total. The normalized spacial score (nSPS) is 15.0. The lowest BCUT2D eigenvalue weighted by molar-refractivity contribution is 0.0710. The van der Waals surface area contributed by atoms with Crippen LogP contribution in [0.1, 0.15) is 40.5 Å². The van der Waals surface area contributed by atoms with Gasteiger partial charge in [0, 0.05) is 30.1 Å². The molecule has 1 amide bonds. The van der Waals surface area contributed by atoms with E-state index in [4.69, 9.17) is 4.52 Å². The number of piperidine rings is 1. The van der Waals surface area contributed by atoms with E-state index in [1.807, 2.05) is 31.2 Å². The fraction of sp³-hybridized carbons (Fsp3) is 0.286. The predicted octanol–water partition coefficient (Wildman–Crippen LogP) is 4.34. The van der Waals surface area contributed by atoms with Crippen LogP contribution in [0.4, 0.5) is 8.78 Å². The van der Waals surface area contributed by atoms with Crippen LogP contribution in [0.2, 0.25) is 0 Å². The van der Waals surface area contributed by atoms with Crippen LogP contribution in [0.25, 0.3) is 11.5 Å². The second-order valence-corrected chi connectivity index (χ2v) is 7.02.